The van der Waals surface area contributed by atoms with Crippen molar-refractivity contribution in [2.45, 2.75) is 32.4 Å². The molecular formula is C18H24N4O3. The molecule has 2 aromatic heterocycles. The molecule has 2 atom stereocenters. The van der Waals surface area contributed by atoms with Crippen LogP contribution in [-0.4, -0.2) is 45.0 Å². The Labute approximate surface area is 147 Å². The Kier molecular flexibility index (Phi) is 4.92. The first-order chi connectivity index (χ1) is 12.0. The summed E-state index contributed by atoms with van der Waals surface area (Å²) in [5, 5.41) is 4.21. The van der Waals surface area contributed by atoms with Gasteiger partial charge in [0.1, 0.15) is 0 Å². The Morgan fingerprint density at radius 3 is 2.84 bits per heavy atom. The average Bonchev–Trinajstić information content (AvgIpc) is 3.26. The van der Waals surface area contributed by atoms with Gasteiger partial charge in [0, 0.05) is 50.9 Å². The summed E-state index contributed by atoms with van der Waals surface area (Å²) in [6, 6.07) is 1.59. The highest BCUT2D eigenvalue weighted by Crippen LogP contribution is 2.36. The first-order valence-electron chi connectivity index (χ1n) is 8.55. The molecule has 3 heterocycles. The van der Waals surface area contributed by atoms with Gasteiger partial charge in [0.2, 0.25) is 11.8 Å². The highest BCUT2D eigenvalue weighted by molar-refractivity contribution is 5.85. The van der Waals surface area contributed by atoms with Gasteiger partial charge < -0.3 is 14.2 Å². The van der Waals surface area contributed by atoms with Gasteiger partial charge in [-0.15, -0.1) is 0 Å². The van der Waals surface area contributed by atoms with Crippen LogP contribution in [0, 0.1) is 5.92 Å². The normalized spacial score (nSPS) is 20.8. The molecular weight excluding hydrogens is 320 g/mol. The van der Waals surface area contributed by atoms with Gasteiger partial charge in [0.05, 0.1) is 30.7 Å². The van der Waals surface area contributed by atoms with E-state index in [0.717, 1.165) is 11.1 Å². The summed E-state index contributed by atoms with van der Waals surface area (Å²) in [5.41, 5.74) is 1.86. The molecule has 0 aromatic carbocycles. The molecule has 2 amide bonds. The standard InChI is InChI=1S/C18H24N4O3/c1-4-22(10-13-7-8-25-12-13)18(24)15-5-6-16(23)21(3)17(15)14-9-19-20(2)11-14/h7-9,11-12,15,17H,4-6,10H2,1-3H3/t15-,17-/m0/s1. The molecule has 7 nitrogen and oxygen atoms in total. The Bertz CT molecular complexity index is 737. The molecule has 1 aliphatic heterocycles. The molecule has 1 saturated heterocycles. The summed E-state index contributed by atoms with van der Waals surface area (Å²) >= 11 is 0. The van der Waals surface area contributed by atoms with E-state index in [1.54, 1.807) is 35.4 Å². The molecule has 1 fully saturated rings. The van der Waals surface area contributed by atoms with E-state index in [9.17, 15) is 9.59 Å². The van der Waals surface area contributed by atoms with Crippen LogP contribution in [0.4, 0.5) is 0 Å². The number of likely N-dealkylation sites (tertiary alicyclic amines) is 1. The van der Waals surface area contributed by atoms with E-state index in [2.05, 4.69) is 5.10 Å². The van der Waals surface area contributed by atoms with Crippen molar-refractivity contribution in [3.8, 4) is 0 Å². The Hall–Kier alpha value is -2.57. The summed E-state index contributed by atoms with van der Waals surface area (Å²) in [4.78, 5) is 28.9. The predicted molar refractivity (Wildman–Crippen MR) is 91.2 cm³/mol. The quantitative estimate of drug-likeness (QED) is 0.831. The molecule has 0 N–H and O–H groups in total. The van der Waals surface area contributed by atoms with Crippen molar-refractivity contribution >= 4 is 11.8 Å². The molecule has 134 valence electrons. The first kappa shape index (κ1) is 17.3. The molecule has 0 radical (unpaired) electrons. The number of hydrogen-bond donors (Lipinski definition) is 0. The van der Waals surface area contributed by atoms with Gasteiger partial charge in [0.15, 0.2) is 0 Å². The van der Waals surface area contributed by atoms with Crippen LogP contribution in [0.25, 0.3) is 0 Å². The molecule has 0 bridgehead atoms. The second-order valence-corrected chi connectivity index (χ2v) is 6.53. The number of aromatic nitrogens is 2. The lowest BCUT2D eigenvalue weighted by atomic mass is 9.84. The number of rotatable bonds is 5. The van der Waals surface area contributed by atoms with Gasteiger partial charge in [-0.05, 0) is 19.4 Å². The minimum atomic E-state index is -0.277. The van der Waals surface area contributed by atoms with Crippen LogP contribution < -0.4 is 0 Å². The Morgan fingerprint density at radius 2 is 2.24 bits per heavy atom. The Morgan fingerprint density at radius 1 is 1.44 bits per heavy atom. The Balaban J connectivity index is 1.86. The summed E-state index contributed by atoms with van der Waals surface area (Å²) in [7, 11) is 3.61. The number of amides is 2. The van der Waals surface area contributed by atoms with Crippen molar-refractivity contribution in [3.05, 3.63) is 42.1 Å². The van der Waals surface area contributed by atoms with Crippen LogP contribution in [0.15, 0.2) is 35.4 Å². The number of nitrogens with zero attached hydrogens (tertiary/aromatic N) is 4. The van der Waals surface area contributed by atoms with Crippen LogP contribution >= 0.6 is 0 Å². The third-order valence-electron chi connectivity index (χ3n) is 4.89. The van der Waals surface area contributed by atoms with Crippen molar-refractivity contribution in [1.29, 1.82) is 0 Å². The van der Waals surface area contributed by atoms with E-state index in [0.29, 0.717) is 25.9 Å². The number of aryl methyl sites for hydroxylation is 1. The first-order valence-corrected chi connectivity index (χ1v) is 8.55. The molecule has 7 heteroatoms. The summed E-state index contributed by atoms with van der Waals surface area (Å²) in [6.45, 7) is 3.09. The highest BCUT2D eigenvalue weighted by Gasteiger charge is 2.40. The zero-order valence-electron chi connectivity index (χ0n) is 14.9. The van der Waals surface area contributed by atoms with Crippen LogP contribution in [0.5, 0.6) is 0 Å². The van der Waals surface area contributed by atoms with Gasteiger partial charge in [-0.25, -0.2) is 0 Å². The molecule has 0 spiro atoms. The maximum absolute atomic E-state index is 13.2. The van der Waals surface area contributed by atoms with Gasteiger partial charge in [-0.1, -0.05) is 0 Å². The van der Waals surface area contributed by atoms with Gasteiger partial charge >= 0.3 is 0 Å². The topological polar surface area (TPSA) is 71.6 Å². The van der Waals surface area contributed by atoms with E-state index < -0.39 is 0 Å². The zero-order chi connectivity index (χ0) is 18.0. The van der Waals surface area contributed by atoms with E-state index in [-0.39, 0.29) is 23.8 Å². The molecule has 25 heavy (non-hydrogen) atoms. The largest absolute Gasteiger partial charge is 0.472 e. The lowest BCUT2D eigenvalue weighted by Gasteiger charge is -2.39. The van der Waals surface area contributed by atoms with Crippen molar-refractivity contribution in [3.63, 3.8) is 0 Å². The molecule has 0 saturated carbocycles. The fraction of sp³-hybridized carbons (Fsp3) is 0.500. The third kappa shape index (κ3) is 3.45. The minimum absolute atomic E-state index is 0.0655. The monoisotopic (exact) mass is 344 g/mol. The molecule has 0 aliphatic carbocycles. The number of hydrogen-bond acceptors (Lipinski definition) is 4. The third-order valence-corrected chi connectivity index (χ3v) is 4.89. The summed E-state index contributed by atoms with van der Waals surface area (Å²) < 4.78 is 6.81. The average molecular weight is 344 g/mol. The number of carbonyl (C=O) groups excluding carboxylic acids is 2. The molecule has 1 aliphatic rings. The molecule has 2 aromatic rings. The van der Waals surface area contributed by atoms with Gasteiger partial charge in [0.25, 0.3) is 0 Å². The molecule has 3 rings (SSSR count). The maximum atomic E-state index is 13.2. The zero-order valence-corrected chi connectivity index (χ0v) is 14.9. The van der Waals surface area contributed by atoms with Crippen LogP contribution in [0.1, 0.15) is 36.9 Å². The maximum Gasteiger partial charge on any atom is 0.228 e. The van der Waals surface area contributed by atoms with Crippen molar-refractivity contribution in [2.75, 3.05) is 13.6 Å². The van der Waals surface area contributed by atoms with Crippen LogP contribution in [-0.2, 0) is 23.2 Å². The fourth-order valence-electron chi connectivity index (χ4n) is 3.53. The second-order valence-electron chi connectivity index (χ2n) is 6.53. The minimum Gasteiger partial charge on any atom is -0.472 e. The van der Waals surface area contributed by atoms with E-state index in [4.69, 9.17) is 4.42 Å². The lowest BCUT2D eigenvalue weighted by molar-refractivity contribution is -0.147. The summed E-state index contributed by atoms with van der Waals surface area (Å²) in [5.74, 6) is -0.133. The van der Waals surface area contributed by atoms with Gasteiger partial charge in [-0.3, -0.25) is 14.3 Å². The number of furan rings is 1. The van der Waals surface area contributed by atoms with Crippen molar-refractivity contribution < 1.29 is 14.0 Å². The predicted octanol–water partition coefficient (Wildman–Crippen LogP) is 1.97. The van der Waals surface area contributed by atoms with Gasteiger partial charge in [-0.2, -0.15) is 5.10 Å². The van der Waals surface area contributed by atoms with E-state index >= 15 is 0 Å². The highest BCUT2D eigenvalue weighted by atomic mass is 16.3. The summed E-state index contributed by atoms with van der Waals surface area (Å²) in [6.07, 6.45) is 7.85. The molecule has 0 unspecified atom stereocenters. The van der Waals surface area contributed by atoms with Crippen LogP contribution in [0.2, 0.25) is 0 Å². The van der Waals surface area contributed by atoms with E-state index in [1.165, 1.54) is 0 Å². The SMILES string of the molecule is CCN(Cc1ccoc1)C(=O)[C@H]1CCC(=O)N(C)[C@H]1c1cnn(C)c1. The number of carbonyl (C=O) groups is 2. The lowest BCUT2D eigenvalue weighted by Crippen LogP contribution is -2.47. The fourth-order valence-corrected chi connectivity index (χ4v) is 3.53. The second kappa shape index (κ2) is 7.13. The van der Waals surface area contributed by atoms with Crippen molar-refractivity contribution in [1.82, 2.24) is 19.6 Å². The van der Waals surface area contributed by atoms with Crippen LogP contribution in [0.3, 0.4) is 0 Å². The number of piperidine rings is 1. The van der Waals surface area contributed by atoms with Crippen molar-refractivity contribution in [2.24, 2.45) is 13.0 Å². The smallest absolute Gasteiger partial charge is 0.228 e. The van der Waals surface area contributed by atoms with E-state index in [1.807, 2.05) is 31.1 Å².